The van der Waals surface area contributed by atoms with Gasteiger partial charge in [-0.25, -0.2) is 14.5 Å². The molecule has 18 heavy (non-hydrogen) atoms. The van der Waals surface area contributed by atoms with Crippen molar-refractivity contribution < 1.29 is 9.53 Å². The van der Waals surface area contributed by atoms with Crippen molar-refractivity contribution in [1.29, 1.82) is 0 Å². The van der Waals surface area contributed by atoms with E-state index < -0.39 is 5.97 Å². The van der Waals surface area contributed by atoms with E-state index in [4.69, 9.17) is 10.5 Å². The number of hydrogen-bond donors (Lipinski definition) is 1. The zero-order chi connectivity index (χ0) is 13.1. The summed E-state index contributed by atoms with van der Waals surface area (Å²) in [7, 11) is 0. The van der Waals surface area contributed by atoms with Gasteiger partial charge in [-0.05, 0) is 35.0 Å². The lowest BCUT2D eigenvalue weighted by Crippen LogP contribution is -2.08. The second-order valence-corrected chi connectivity index (χ2v) is 4.26. The number of hydrogen-bond acceptors (Lipinski definition) is 5. The van der Waals surface area contributed by atoms with E-state index in [1.165, 1.54) is 10.9 Å². The van der Waals surface area contributed by atoms with Gasteiger partial charge in [0.15, 0.2) is 11.5 Å². The van der Waals surface area contributed by atoms with E-state index in [1.807, 2.05) is 6.07 Å². The average Bonchev–Trinajstić information content (AvgIpc) is 2.72. The molecule has 0 spiro atoms. The molecule has 0 radical (unpaired) electrons. The van der Waals surface area contributed by atoms with Gasteiger partial charge in [0.25, 0.3) is 0 Å². The fraction of sp³-hybridized carbons (Fsp3) is 0.182. The van der Waals surface area contributed by atoms with Crippen LogP contribution in [0.1, 0.15) is 17.4 Å². The summed E-state index contributed by atoms with van der Waals surface area (Å²) in [4.78, 5) is 15.7. The predicted molar refractivity (Wildman–Crippen MR) is 69.4 cm³/mol. The van der Waals surface area contributed by atoms with E-state index in [2.05, 4.69) is 26.0 Å². The van der Waals surface area contributed by atoms with Crippen LogP contribution in [-0.2, 0) is 4.74 Å². The van der Waals surface area contributed by atoms with Crippen LogP contribution in [0.4, 0.5) is 5.69 Å². The molecule has 0 saturated heterocycles. The molecular weight excluding hydrogens is 300 g/mol. The standard InChI is InChI=1S/C11H11BrN4O2/c1-2-18-11(17)9-8(13)6-16(15-9)10-7(12)4-3-5-14-10/h3-6H,2,13H2,1H3. The number of aromatic nitrogens is 3. The summed E-state index contributed by atoms with van der Waals surface area (Å²) in [5.74, 6) is 0.0144. The first-order valence-electron chi connectivity index (χ1n) is 5.26. The number of rotatable bonds is 3. The number of nitrogens with two attached hydrogens (primary N) is 1. The quantitative estimate of drug-likeness (QED) is 0.874. The second kappa shape index (κ2) is 5.18. The molecule has 2 rings (SSSR count). The highest BCUT2D eigenvalue weighted by molar-refractivity contribution is 9.10. The van der Waals surface area contributed by atoms with Gasteiger partial charge in [-0.2, -0.15) is 5.10 Å². The van der Waals surface area contributed by atoms with Crippen molar-refractivity contribution in [1.82, 2.24) is 14.8 Å². The smallest absolute Gasteiger partial charge is 0.361 e. The van der Waals surface area contributed by atoms with E-state index in [0.29, 0.717) is 5.82 Å². The highest BCUT2D eigenvalue weighted by atomic mass is 79.9. The van der Waals surface area contributed by atoms with Crippen LogP contribution in [0, 0.1) is 0 Å². The number of halogens is 1. The highest BCUT2D eigenvalue weighted by Gasteiger charge is 2.17. The van der Waals surface area contributed by atoms with Crippen molar-refractivity contribution in [2.75, 3.05) is 12.3 Å². The van der Waals surface area contributed by atoms with Crippen LogP contribution in [0.3, 0.4) is 0 Å². The number of esters is 1. The molecule has 0 bridgehead atoms. The van der Waals surface area contributed by atoms with Gasteiger partial charge in [-0.3, -0.25) is 0 Å². The number of anilines is 1. The molecule has 2 N–H and O–H groups in total. The van der Waals surface area contributed by atoms with Gasteiger partial charge in [0.2, 0.25) is 0 Å². The van der Waals surface area contributed by atoms with Crippen molar-refractivity contribution in [3.8, 4) is 5.82 Å². The summed E-state index contributed by atoms with van der Waals surface area (Å²) in [5, 5.41) is 4.08. The summed E-state index contributed by atoms with van der Waals surface area (Å²) in [6, 6.07) is 3.61. The third kappa shape index (κ3) is 2.35. The van der Waals surface area contributed by atoms with Crippen molar-refractivity contribution >= 4 is 27.6 Å². The van der Waals surface area contributed by atoms with Crippen LogP contribution in [0.15, 0.2) is 29.0 Å². The van der Waals surface area contributed by atoms with Crippen molar-refractivity contribution in [2.24, 2.45) is 0 Å². The number of pyridine rings is 1. The molecule has 6 nitrogen and oxygen atoms in total. The van der Waals surface area contributed by atoms with Crippen molar-refractivity contribution in [2.45, 2.75) is 6.92 Å². The Morgan fingerprint density at radius 1 is 1.61 bits per heavy atom. The Bertz CT molecular complexity index is 582. The molecule has 0 aromatic carbocycles. The second-order valence-electron chi connectivity index (χ2n) is 3.41. The summed E-state index contributed by atoms with van der Waals surface area (Å²) < 4.78 is 7.05. The minimum Gasteiger partial charge on any atom is -0.461 e. The third-order valence-electron chi connectivity index (χ3n) is 2.17. The molecule has 94 valence electrons. The van der Waals surface area contributed by atoms with Gasteiger partial charge in [-0.1, -0.05) is 0 Å². The molecule has 0 aliphatic rings. The fourth-order valence-electron chi connectivity index (χ4n) is 1.40. The maximum Gasteiger partial charge on any atom is 0.361 e. The molecule has 0 aliphatic heterocycles. The summed E-state index contributed by atoms with van der Waals surface area (Å²) in [6.45, 7) is 2.00. The van der Waals surface area contributed by atoms with Gasteiger partial charge in [-0.15, -0.1) is 0 Å². The molecular formula is C11H11BrN4O2. The molecule has 0 fully saturated rings. The maximum absolute atomic E-state index is 11.6. The Kier molecular flexibility index (Phi) is 3.61. The zero-order valence-corrected chi connectivity index (χ0v) is 11.2. The summed E-state index contributed by atoms with van der Waals surface area (Å²) in [6.07, 6.45) is 3.15. The Hall–Kier alpha value is -1.89. The van der Waals surface area contributed by atoms with Crippen LogP contribution in [0.2, 0.25) is 0 Å². The Balaban J connectivity index is 2.41. The van der Waals surface area contributed by atoms with E-state index >= 15 is 0 Å². The van der Waals surface area contributed by atoms with Gasteiger partial charge in [0.05, 0.1) is 23.0 Å². The van der Waals surface area contributed by atoms with Crippen LogP contribution in [0.25, 0.3) is 5.82 Å². The molecule has 2 aromatic heterocycles. The molecule has 7 heteroatoms. The minimum atomic E-state index is -0.541. The normalized spacial score (nSPS) is 10.3. The SMILES string of the molecule is CCOC(=O)c1nn(-c2ncccc2Br)cc1N. The van der Waals surface area contributed by atoms with Gasteiger partial charge in [0, 0.05) is 6.20 Å². The lowest BCUT2D eigenvalue weighted by Gasteiger charge is -2.01. The van der Waals surface area contributed by atoms with Gasteiger partial charge in [0.1, 0.15) is 0 Å². The van der Waals surface area contributed by atoms with Crippen molar-refractivity contribution in [3.63, 3.8) is 0 Å². The Labute approximate surface area is 112 Å². The Morgan fingerprint density at radius 3 is 3.06 bits per heavy atom. The van der Waals surface area contributed by atoms with Crippen LogP contribution < -0.4 is 5.73 Å². The molecule has 0 atom stereocenters. The lowest BCUT2D eigenvalue weighted by atomic mass is 10.4. The largest absolute Gasteiger partial charge is 0.461 e. The predicted octanol–water partition coefficient (Wildman–Crippen LogP) is 1.79. The maximum atomic E-state index is 11.6. The average molecular weight is 311 g/mol. The highest BCUT2D eigenvalue weighted by Crippen LogP contribution is 2.20. The van der Waals surface area contributed by atoms with Crippen LogP contribution in [0.5, 0.6) is 0 Å². The lowest BCUT2D eigenvalue weighted by molar-refractivity contribution is 0.0520. The topological polar surface area (TPSA) is 83.0 Å². The van der Waals surface area contributed by atoms with Crippen molar-refractivity contribution in [3.05, 3.63) is 34.7 Å². The van der Waals surface area contributed by atoms with Crippen LogP contribution in [-0.4, -0.2) is 27.3 Å². The van der Waals surface area contributed by atoms with Crippen LogP contribution >= 0.6 is 15.9 Å². The van der Waals surface area contributed by atoms with E-state index in [1.54, 1.807) is 19.2 Å². The molecule has 0 saturated carbocycles. The van der Waals surface area contributed by atoms with E-state index in [-0.39, 0.29) is 18.0 Å². The molecule has 0 unspecified atom stereocenters. The first kappa shape index (κ1) is 12.6. The molecule has 0 aliphatic carbocycles. The van der Waals surface area contributed by atoms with E-state index in [9.17, 15) is 4.79 Å². The van der Waals surface area contributed by atoms with Gasteiger partial charge >= 0.3 is 5.97 Å². The molecule has 2 aromatic rings. The zero-order valence-electron chi connectivity index (χ0n) is 9.63. The minimum absolute atomic E-state index is 0.0920. The molecule has 2 heterocycles. The first-order valence-corrected chi connectivity index (χ1v) is 6.06. The number of nitrogens with zero attached hydrogens (tertiary/aromatic N) is 3. The number of nitrogen functional groups attached to an aromatic ring is 1. The third-order valence-corrected chi connectivity index (χ3v) is 2.79. The summed E-state index contributed by atoms with van der Waals surface area (Å²) >= 11 is 3.35. The number of ether oxygens (including phenoxy) is 1. The van der Waals surface area contributed by atoms with Gasteiger partial charge < -0.3 is 10.5 Å². The summed E-state index contributed by atoms with van der Waals surface area (Å²) in [5.41, 5.74) is 6.08. The fourth-order valence-corrected chi connectivity index (χ4v) is 1.84. The monoisotopic (exact) mass is 310 g/mol. The first-order chi connectivity index (χ1) is 8.63. The number of carbonyl (C=O) groups excluding carboxylic acids is 1. The van der Waals surface area contributed by atoms with E-state index in [0.717, 1.165) is 4.47 Å². The Morgan fingerprint density at radius 2 is 2.39 bits per heavy atom. The molecule has 0 amide bonds. The number of carbonyl (C=O) groups is 1.